The van der Waals surface area contributed by atoms with Crippen molar-refractivity contribution < 1.29 is 41.4 Å². The molecule has 39 heavy (non-hydrogen) atoms. The number of benzene rings is 1. The molecule has 210 valence electrons. The zero-order valence-corrected chi connectivity index (χ0v) is 21.8. The highest BCUT2D eigenvalue weighted by Gasteiger charge is 2.31. The fraction of sp³-hybridized carbons (Fsp3) is 0.462. The molecular weight excluding hydrogens is 524 g/mol. The maximum absolute atomic E-state index is 15.0. The zero-order chi connectivity index (χ0) is 28.5. The van der Waals surface area contributed by atoms with Crippen LogP contribution in [0, 0.1) is 12.7 Å². The predicted molar refractivity (Wildman–Crippen MR) is 132 cm³/mol. The molecule has 1 amide bonds. The first-order valence-corrected chi connectivity index (χ1v) is 12.3. The molecule has 1 unspecified atom stereocenters. The minimum Gasteiger partial charge on any atom is -0.482 e. The van der Waals surface area contributed by atoms with Gasteiger partial charge < -0.3 is 14.2 Å². The average Bonchev–Trinajstić information content (AvgIpc) is 3.29. The Kier molecular flexibility index (Phi) is 7.82. The number of nitrogens with zero attached hydrogens (tertiary/aromatic N) is 3. The lowest BCUT2D eigenvalue weighted by Crippen LogP contribution is -2.28. The van der Waals surface area contributed by atoms with Gasteiger partial charge in [-0.15, -0.1) is 0 Å². The van der Waals surface area contributed by atoms with Crippen molar-refractivity contribution in [1.82, 2.24) is 14.8 Å². The third-order valence-electron chi connectivity index (χ3n) is 5.91. The number of ketones is 1. The second kappa shape index (κ2) is 10.8. The van der Waals surface area contributed by atoms with Crippen LogP contribution in [0.3, 0.4) is 0 Å². The summed E-state index contributed by atoms with van der Waals surface area (Å²) in [7, 11) is 0. The van der Waals surface area contributed by atoms with E-state index in [2.05, 4.69) is 15.4 Å². The van der Waals surface area contributed by atoms with Crippen LogP contribution in [0.25, 0.3) is 10.9 Å². The summed E-state index contributed by atoms with van der Waals surface area (Å²) in [4.78, 5) is 30.4. The molecule has 0 aliphatic carbocycles. The number of fused-ring (bicyclic) bond motifs is 1. The van der Waals surface area contributed by atoms with Gasteiger partial charge in [-0.2, -0.15) is 18.3 Å². The molecule has 1 N–H and O–H groups in total. The summed E-state index contributed by atoms with van der Waals surface area (Å²) in [5.74, 6) is -1.62. The highest BCUT2D eigenvalue weighted by Crippen LogP contribution is 2.34. The summed E-state index contributed by atoms with van der Waals surface area (Å²) in [6, 6.07) is 2.38. The van der Waals surface area contributed by atoms with Crippen molar-refractivity contribution in [2.45, 2.75) is 65.0 Å². The number of anilines is 1. The molecule has 0 bridgehead atoms. The number of halogens is 4. The molecule has 1 atom stereocenters. The van der Waals surface area contributed by atoms with Gasteiger partial charge in [-0.1, -0.05) is 0 Å². The zero-order valence-electron chi connectivity index (χ0n) is 21.8. The van der Waals surface area contributed by atoms with Gasteiger partial charge in [-0.3, -0.25) is 10.1 Å². The number of hydrogen-bond acceptors (Lipinski definition) is 7. The number of hydrogen-bond donors (Lipinski definition) is 1. The number of carbonyl (C=O) groups is 2. The number of amides is 1. The molecule has 1 saturated heterocycles. The summed E-state index contributed by atoms with van der Waals surface area (Å²) >= 11 is 0. The topological polar surface area (TPSA) is 105 Å². The molecular formula is C26H28F4N4O5. The summed E-state index contributed by atoms with van der Waals surface area (Å²) in [5, 5.41) is 6.88. The monoisotopic (exact) mass is 552 g/mol. The van der Waals surface area contributed by atoms with E-state index in [1.165, 1.54) is 23.9 Å². The van der Waals surface area contributed by atoms with Crippen molar-refractivity contribution in [2.24, 2.45) is 0 Å². The quantitative estimate of drug-likeness (QED) is 0.291. The molecule has 9 nitrogen and oxygen atoms in total. The number of ether oxygens (including phenoxy) is 3. The Morgan fingerprint density at radius 2 is 1.92 bits per heavy atom. The number of pyridine rings is 1. The Balaban J connectivity index is 1.78. The van der Waals surface area contributed by atoms with Crippen molar-refractivity contribution in [1.29, 1.82) is 0 Å². The van der Waals surface area contributed by atoms with Crippen molar-refractivity contribution >= 4 is 28.5 Å². The Labute approximate surface area is 221 Å². The van der Waals surface area contributed by atoms with E-state index in [4.69, 9.17) is 14.2 Å². The smallest absolute Gasteiger partial charge is 0.422 e. The van der Waals surface area contributed by atoms with Gasteiger partial charge >= 0.3 is 12.3 Å². The predicted octanol–water partition coefficient (Wildman–Crippen LogP) is 6.10. The van der Waals surface area contributed by atoms with Gasteiger partial charge in [0.25, 0.3) is 0 Å². The number of carbonyl (C=O) groups excluding carboxylic acids is 2. The van der Waals surface area contributed by atoms with Crippen molar-refractivity contribution in [3.8, 4) is 5.75 Å². The summed E-state index contributed by atoms with van der Waals surface area (Å²) < 4.78 is 70.5. The number of rotatable bonds is 6. The minimum atomic E-state index is -4.62. The third kappa shape index (κ3) is 6.47. The van der Waals surface area contributed by atoms with Gasteiger partial charge in [-0.05, 0) is 59.1 Å². The van der Waals surface area contributed by atoms with Crippen molar-refractivity contribution in [3.05, 3.63) is 47.2 Å². The van der Waals surface area contributed by atoms with Gasteiger partial charge in [0.2, 0.25) is 5.78 Å². The van der Waals surface area contributed by atoms with Crippen LogP contribution in [0.1, 0.15) is 67.9 Å². The van der Waals surface area contributed by atoms with Crippen molar-refractivity contribution in [3.63, 3.8) is 0 Å². The highest BCUT2D eigenvalue weighted by molar-refractivity contribution is 6.18. The van der Waals surface area contributed by atoms with Crippen LogP contribution < -0.4 is 10.1 Å². The molecule has 2 aromatic heterocycles. The standard InChI is InChI=1S/C26H28F4N4O5/c1-14-18(38-13-26(28,29)30)12-31-21(20(14)33-24(36)39-25(2,3)4)23(35)15-8-9-17(27)22-16(15)11-32-34(22)19-7-5-6-10-37-19/h8-9,11-12,19H,5-7,10,13H2,1-4H3,(H,33,36). The number of aromatic nitrogens is 3. The largest absolute Gasteiger partial charge is 0.482 e. The van der Waals surface area contributed by atoms with E-state index < -0.39 is 42.3 Å². The van der Waals surface area contributed by atoms with Crippen molar-refractivity contribution in [2.75, 3.05) is 18.5 Å². The average molecular weight is 553 g/mol. The lowest BCUT2D eigenvalue weighted by atomic mass is 10.0. The van der Waals surface area contributed by atoms with E-state index in [1.807, 2.05) is 0 Å². The molecule has 1 fully saturated rings. The van der Waals surface area contributed by atoms with Crippen LogP contribution in [-0.2, 0) is 9.47 Å². The van der Waals surface area contributed by atoms with Crippen LogP contribution >= 0.6 is 0 Å². The summed E-state index contributed by atoms with van der Waals surface area (Å²) in [5.41, 5.74) is -1.29. The van der Waals surface area contributed by atoms with Crippen LogP contribution in [0.5, 0.6) is 5.75 Å². The molecule has 1 aliphatic heterocycles. The Hall–Kier alpha value is -3.74. The van der Waals surface area contributed by atoms with E-state index in [1.54, 1.807) is 20.8 Å². The van der Waals surface area contributed by atoms with Gasteiger partial charge in [0.15, 0.2) is 12.8 Å². The maximum atomic E-state index is 15.0. The Morgan fingerprint density at radius 1 is 1.18 bits per heavy atom. The van der Waals surface area contributed by atoms with Crippen LogP contribution in [0.15, 0.2) is 24.5 Å². The molecule has 4 rings (SSSR count). The maximum Gasteiger partial charge on any atom is 0.422 e. The first-order valence-electron chi connectivity index (χ1n) is 12.3. The van der Waals surface area contributed by atoms with Crippen LogP contribution in [-0.4, -0.2) is 51.6 Å². The first kappa shape index (κ1) is 28.3. The van der Waals surface area contributed by atoms with E-state index in [-0.39, 0.29) is 39.2 Å². The first-order chi connectivity index (χ1) is 18.2. The molecule has 13 heteroatoms. The van der Waals surface area contributed by atoms with E-state index in [9.17, 15) is 27.2 Å². The molecule has 1 aromatic carbocycles. The Morgan fingerprint density at radius 3 is 2.56 bits per heavy atom. The van der Waals surface area contributed by atoms with Gasteiger partial charge in [-0.25, -0.2) is 18.9 Å². The highest BCUT2D eigenvalue weighted by atomic mass is 19.4. The molecule has 0 saturated carbocycles. The van der Waals surface area contributed by atoms with Gasteiger partial charge in [0, 0.05) is 23.1 Å². The molecule has 3 aromatic rings. The second-order valence-electron chi connectivity index (χ2n) is 10.1. The minimum absolute atomic E-state index is 0.0214. The molecule has 1 aliphatic rings. The van der Waals surface area contributed by atoms with E-state index >= 15 is 0 Å². The van der Waals surface area contributed by atoms with Gasteiger partial charge in [0.1, 0.15) is 28.4 Å². The van der Waals surface area contributed by atoms with Gasteiger partial charge in [0.05, 0.1) is 18.1 Å². The lowest BCUT2D eigenvalue weighted by molar-refractivity contribution is -0.153. The molecule has 3 heterocycles. The van der Waals surface area contributed by atoms with E-state index in [0.717, 1.165) is 25.1 Å². The Bertz CT molecular complexity index is 1390. The normalized spacial score (nSPS) is 16.3. The number of nitrogens with one attached hydrogen (secondary N) is 1. The number of alkyl halides is 3. The van der Waals surface area contributed by atoms with Crippen LogP contribution in [0.2, 0.25) is 0 Å². The lowest BCUT2D eigenvalue weighted by Gasteiger charge is -2.23. The van der Waals surface area contributed by atoms with Crippen LogP contribution in [0.4, 0.5) is 28.0 Å². The second-order valence-corrected chi connectivity index (χ2v) is 10.1. The molecule has 0 spiro atoms. The summed E-state index contributed by atoms with van der Waals surface area (Å²) in [6.45, 7) is 5.13. The fourth-order valence-electron chi connectivity index (χ4n) is 4.20. The summed E-state index contributed by atoms with van der Waals surface area (Å²) in [6.07, 6.45) is -1.39. The van der Waals surface area contributed by atoms with E-state index in [0.29, 0.717) is 13.0 Å². The third-order valence-corrected chi connectivity index (χ3v) is 5.91. The fourth-order valence-corrected chi connectivity index (χ4v) is 4.20. The SMILES string of the molecule is Cc1c(OCC(F)(F)F)cnc(C(=O)c2ccc(F)c3c2cnn3C2CCCCO2)c1NC(=O)OC(C)(C)C. The molecule has 0 radical (unpaired) electrons.